The maximum absolute atomic E-state index is 6.18. The van der Waals surface area contributed by atoms with Crippen molar-refractivity contribution in [3.05, 3.63) is 52.0 Å². The largest absolute Gasteiger partial charge is 0.496 e. The van der Waals surface area contributed by atoms with E-state index in [1.807, 2.05) is 19.2 Å². The van der Waals surface area contributed by atoms with Gasteiger partial charge in [-0.2, -0.15) is 0 Å². The minimum Gasteiger partial charge on any atom is -0.496 e. The van der Waals surface area contributed by atoms with Crippen LogP contribution >= 0.6 is 11.6 Å². The molecule has 1 N–H and O–H groups in total. The second-order valence-corrected chi connectivity index (χ2v) is 5.43. The van der Waals surface area contributed by atoms with Crippen LogP contribution in [-0.4, -0.2) is 14.2 Å². The Hall–Kier alpha value is -1.51. The molecule has 0 fully saturated rings. The van der Waals surface area contributed by atoms with Crippen molar-refractivity contribution >= 4 is 11.6 Å². The van der Waals surface area contributed by atoms with Gasteiger partial charge in [0.05, 0.1) is 7.11 Å². The van der Waals surface area contributed by atoms with Crippen molar-refractivity contribution in [3.8, 4) is 16.9 Å². The van der Waals surface area contributed by atoms with Gasteiger partial charge in [0.1, 0.15) is 5.75 Å². The molecule has 0 unspecified atom stereocenters. The van der Waals surface area contributed by atoms with Gasteiger partial charge in [-0.1, -0.05) is 23.7 Å². The molecule has 106 valence electrons. The number of hydrogen-bond acceptors (Lipinski definition) is 2. The summed E-state index contributed by atoms with van der Waals surface area (Å²) in [6.07, 6.45) is 0. The molecule has 20 heavy (non-hydrogen) atoms. The Balaban J connectivity index is 2.70. The Bertz CT molecular complexity index is 623. The Morgan fingerprint density at radius 1 is 1.15 bits per heavy atom. The van der Waals surface area contributed by atoms with E-state index in [-0.39, 0.29) is 0 Å². The average molecular weight is 290 g/mol. The van der Waals surface area contributed by atoms with Gasteiger partial charge in [0.25, 0.3) is 0 Å². The highest BCUT2D eigenvalue weighted by atomic mass is 35.5. The minimum absolute atomic E-state index is 0.738. The van der Waals surface area contributed by atoms with Gasteiger partial charge in [-0.3, -0.25) is 0 Å². The van der Waals surface area contributed by atoms with Crippen molar-refractivity contribution in [3.63, 3.8) is 0 Å². The minimum atomic E-state index is 0.738. The predicted octanol–water partition coefficient (Wildman–Crippen LogP) is 4.35. The molecule has 0 aliphatic heterocycles. The summed E-state index contributed by atoms with van der Waals surface area (Å²) in [6.45, 7) is 4.98. The lowest BCUT2D eigenvalue weighted by Gasteiger charge is -2.17. The van der Waals surface area contributed by atoms with Crippen LogP contribution < -0.4 is 10.1 Å². The number of halogens is 1. The highest BCUT2D eigenvalue weighted by Crippen LogP contribution is 2.37. The van der Waals surface area contributed by atoms with Crippen molar-refractivity contribution in [1.29, 1.82) is 0 Å². The number of benzene rings is 2. The maximum Gasteiger partial charge on any atom is 0.127 e. The first kappa shape index (κ1) is 14.9. The molecular formula is C17H20ClNO. The summed E-state index contributed by atoms with van der Waals surface area (Å²) in [7, 11) is 3.65. The zero-order valence-electron chi connectivity index (χ0n) is 12.4. The highest BCUT2D eigenvalue weighted by molar-refractivity contribution is 6.30. The summed E-state index contributed by atoms with van der Waals surface area (Å²) in [6, 6.07) is 10.2. The fraction of sp³-hybridized carbons (Fsp3) is 0.294. The molecule has 0 aliphatic carbocycles. The van der Waals surface area contributed by atoms with Crippen molar-refractivity contribution in [2.75, 3.05) is 14.2 Å². The summed E-state index contributed by atoms with van der Waals surface area (Å²) < 4.78 is 5.57. The summed E-state index contributed by atoms with van der Waals surface area (Å²) in [5, 5.41) is 3.94. The fourth-order valence-corrected chi connectivity index (χ4v) is 2.73. The fourth-order valence-electron chi connectivity index (χ4n) is 2.56. The second kappa shape index (κ2) is 6.29. The molecule has 2 rings (SSSR count). The van der Waals surface area contributed by atoms with Crippen LogP contribution in [-0.2, 0) is 6.54 Å². The van der Waals surface area contributed by atoms with E-state index in [2.05, 4.69) is 37.4 Å². The van der Waals surface area contributed by atoms with Crippen LogP contribution in [0.15, 0.2) is 30.3 Å². The molecule has 0 spiro atoms. The third-order valence-corrected chi connectivity index (χ3v) is 3.61. The Labute approximate surface area is 125 Å². The normalized spacial score (nSPS) is 10.7. The van der Waals surface area contributed by atoms with Crippen LogP contribution in [0, 0.1) is 13.8 Å². The van der Waals surface area contributed by atoms with Crippen LogP contribution in [0.5, 0.6) is 5.75 Å². The molecule has 2 aromatic carbocycles. The average Bonchev–Trinajstić information content (AvgIpc) is 2.40. The van der Waals surface area contributed by atoms with Crippen LogP contribution in [0.4, 0.5) is 0 Å². The summed E-state index contributed by atoms with van der Waals surface area (Å²) >= 11 is 6.18. The molecule has 0 amide bonds. The van der Waals surface area contributed by atoms with Gasteiger partial charge in [-0.15, -0.1) is 0 Å². The molecule has 0 bridgehead atoms. The summed E-state index contributed by atoms with van der Waals surface area (Å²) in [4.78, 5) is 0. The zero-order chi connectivity index (χ0) is 14.7. The molecule has 0 aliphatic rings. The van der Waals surface area contributed by atoms with Gasteiger partial charge >= 0.3 is 0 Å². The van der Waals surface area contributed by atoms with Crippen LogP contribution in [0.2, 0.25) is 5.02 Å². The first-order chi connectivity index (χ1) is 9.56. The third kappa shape index (κ3) is 2.97. The quantitative estimate of drug-likeness (QED) is 0.903. The lowest BCUT2D eigenvalue weighted by atomic mass is 9.93. The number of ether oxygens (including phenoxy) is 1. The van der Waals surface area contributed by atoms with Crippen molar-refractivity contribution in [1.82, 2.24) is 5.32 Å². The number of aryl methyl sites for hydroxylation is 2. The Morgan fingerprint density at radius 2 is 1.90 bits per heavy atom. The van der Waals surface area contributed by atoms with Gasteiger partial charge in [0.2, 0.25) is 0 Å². The SMILES string of the molecule is CNCc1ccc(Cl)cc1-c1c(C)cc(C)cc1OC. The van der Waals surface area contributed by atoms with Crippen LogP contribution in [0.25, 0.3) is 11.1 Å². The molecule has 2 nitrogen and oxygen atoms in total. The van der Waals surface area contributed by atoms with Crippen molar-refractivity contribution in [2.45, 2.75) is 20.4 Å². The highest BCUT2D eigenvalue weighted by Gasteiger charge is 2.14. The molecular weight excluding hydrogens is 270 g/mol. The molecule has 0 atom stereocenters. The predicted molar refractivity (Wildman–Crippen MR) is 85.7 cm³/mol. The Kier molecular flexibility index (Phi) is 4.69. The first-order valence-electron chi connectivity index (χ1n) is 6.65. The smallest absolute Gasteiger partial charge is 0.127 e. The van der Waals surface area contributed by atoms with E-state index in [1.165, 1.54) is 16.7 Å². The van der Waals surface area contributed by atoms with Crippen LogP contribution in [0.3, 0.4) is 0 Å². The van der Waals surface area contributed by atoms with Gasteiger partial charge in [0.15, 0.2) is 0 Å². The zero-order valence-corrected chi connectivity index (χ0v) is 13.1. The standard InChI is InChI=1S/C17H20ClNO/c1-11-7-12(2)17(16(8-11)20-4)15-9-14(18)6-5-13(15)10-19-3/h5-9,19H,10H2,1-4H3. The first-order valence-corrected chi connectivity index (χ1v) is 7.03. The van der Waals surface area contributed by atoms with E-state index in [1.54, 1.807) is 7.11 Å². The summed E-state index contributed by atoms with van der Waals surface area (Å²) in [5.41, 5.74) is 5.84. The topological polar surface area (TPSA) is 21.3 Å². The Morgan fingerprint density at radius 3 is 2.55 bits per heavy atom. The van der Waals surface area contributed by atoms with E-state index in [0.717, 1.165) is 28.4 Å². The van der Waals surface area contributed by atoms with Gasteiger partial charge < -0.3 is 10.1 Å². The monoisotopic (exact) mass is 289 g/mol. The lowest BCUT2D eigenvalue weighted by molar-refractivity contribution is 0.416. The molecule has 3 heteroatoms. The third-order valence-electron chi connectivity index (χ3n) is 3.37. The second-order valence-electron chi connectivity index (χ2n) is 4.99. The van der Waals surface area contributed by atoms with Gasteiger partial charge in [-0.25, -0.2) is 0 Å². The van der Waals surface area contributed by atoms with E-state index in [4.69, 9.17) is 16.3 Å². The van der Waals surface area contributed by atoms with E-state index < -0.39 is 0 Å². The van der Waals surface area contributed by atoms with Crippen LogP contribution in [0.1, 0.15) is 16.7 Å². The number of hydrogen-bond donors (Lipinski definition) is 1. The molecule has 0 saturated heterocycles. The number of rotatable bonds is 4. The van der Waals surface area contributed by atoms with Crippen molar-refractivity contribution in [2.24, 2.45) is 0 Å². The summed E-state index contributed by atoms with van der Waals surface area (Å²) in [5.74, 6) is 0.891. The molecule has 0 saturated carbocycles. The van der Waals surface area contributed by atoms with E-state index in [0.29, 0.717) is 0 Å². The molecule has 2 aromatic rings. The molecule has 0 heterocycles. The van der Waals surface area contributed by atoms with Gasteiger partial charge in [0, 0.05) is 17.1 Å². The van der Waals surface area contributed by atoms with E-state index in [9.17, 15) is 0 Å². The molecule has 0 radical (unpaired) electrons. The molecule has 0 aromatic heterocycles. The van der Waals surface area contributed by atoms with E-state index >= 15 is 0 Å². The van der Waals surface area contributed by atoms with Gasteiger partial charge in [-0.05, 0) is 61.3 Å². The maximum atomic E-state index is 6.18. The lowest BCUT2D eigenvalue weighted by Crippen LogP contribution is -2.07. The van der Waals surface area contributed by atoms with Crippen molar-refractivity contribution < 1.29 is 4.74 Å². The number of methoxy groups -OCH3 is 1. The number of nitrogens with one attached hydrogen (secondary N) is 1.